The number of amides is 1. The zero-order valence-electron chi connectivity index (χ0n) is 18.5. The summed E-state index contributed by atoms with van der Waals surface area (Å²) in [5.41, 5.74) is 0.640. The maximum Gasteiger partial charge on any atom is 0.291 e. The number of hydrogen-bond donors (Lipinski definition) is 0. The second-order valence-corrected chi connectivity index (χ2v) is 7.89. The van der Waals surface area contributed by atoms with Crippen LogP contribution in [0.5, 0.6) is 11.5 Å². The quantitative estimate of drug-likeness (QED) is 0.210. The van der Waals surface area contributed by atoms with Crippen molar-refractivity contribution < 1.29 is 28.3 Å². The third-order valence-electron chi connectivity index (χ3n) is 5.60. The molecule has 0 N–H and O–H groups in total. The number of likely N-dealkylation sites (tertiary alicyclic amines) is 1. The monoisotopic (exact) mass is 447 g/mol. The number of ketones is 2. The summed E-state index contributed by atoms with van der Waals surface area (Å²) in [6.45, 7) is 2.43. The molecule has 7 nitrogen and oxygen atoms in total. The van der Waals surface area contributed by atoms with Crippen LogP contribution >= 0.6 is 0 Å². The highest BCUT2D eigenvalue weighted by Crippen LogP contribution is 2.39. The summed E-state index contributed by atoms with van der Waals surface area (Å²) >= 11 is 0. The highest BCUT2D eigenvalue weighted by Gasteiger charge is 2.52. The number of ether oxygens (including phenoxy) is 2. The van der Waals surface area contributed by atoms with Crippen LogP contribution in [-0.2, 0) is 14.3 Å². The predicted molar refractivity (Wildman–Crippen MR) is 120 cm³/mol. The molecule has 0 spiro atoms. The Kier molecular flexibility index (Phi) is 6.70. The van der Waals surface area contributed by atoms with E-state index in [2.05, 4.69) is 0 Å². The fraction of sp³-hybridized carbons (Fsp3) is 0.269. The van der Waals surface area contributed by atoms with Gasteiger partial charge in [-0.2, -0.15) is 0 Å². The van der Waals surface area contributed by atoms with Crippen LogP contribution in [0.4, 0.5) is 0 Å². The van der Waals surface area contributed by atoms with E-state index in [4.69, 9.17) is 13.9 Å². The average Bonchev–Trinajstić information content (AvgIpc) is 3.36. The van der Waals surface area contributed by atoms with Gasteiger partial charge in [-0.15, -0.1) is 0 Å². The summed E-state index contributed by atoms with van der Waals surface area (Å²) in [6, 6.07) is 18.9. The molecule has 2 aromatic carbocycles. The van der Waals surface area contributed by atoms with Crippen LogP contribution < -0.4 is 4.74 Å². The molecule has 2 unspecified atom stereocenters. The molecule has 3 aromatic rings. The van der Waals surface area contributed by atoms with Gasteiger partial charge in [-0.25, -0.2) is 0 Å². The Morgan fingerprint density at radius 1 is 1.00 bits per heavy atom. The van der Waals surface area contributed by atoms with Crippen molar-refractivity contribution in [2.75, 3.05) is 20.3 Å². The van der Waals surface area contributed by atoms with E-state index < -0.39 is 29.4 Å². The van der Waals surface area contributed by atoms with E-state index in [9.17, 15) is 14.4 Å². The molecule has 0 saturated carbocycles. The standard InChI is InChI=1S/C26H25NO6/c1-17-12-13-21(32-17)24(28)22-23(27(14-7-15-31-2)26(30)25(22)29)18-8-6-11-20(16-18)33-19-9-4-3-5-10-19/h3-6,8-13,16,22-23H,7,14-15H2,1-2H3. The summed E-state index contributed by atoms with van der Waals surface area (Å²) in [4.78, 5) is 40.7. The number of furan rings is 1. The van der Waals surface area contributed by atoms with Gasteiger partial charge >= 0.3 is 0 Å². The largest absolute Gasteiger partial charge is 0.458 e. The van der Waals surface area contributed by atoms with Crippen molar-refractivity contribution in [3.8, 4) is 11.5 Å². The Balaban J connectivity index is 1.71. The van der Waals surface area contributed by atoms with Gasteiger partial charge < -0.3 is 18.8 Å². The van der Waals surface area contributed by atoms with Crippen molar-refractivity contribution in [3.63, 3.8) is 0 Å². The SMILES string of the molecule is COCCCN1C(=O)C(=O)C(C(=O)c2ccc(C)o2)C1c1cccc(Oc2ccccc2)c1. The number of para-hydroxylation sites is 1. The van der Waals surface area contributed by atoms with E-state index in [1.165, 1.54) is 11.0 Å². The third-order valence-corrected chi connectivity index (χ3v) is 5.60. The summed E-state index contributed by atoms with van der Waals surface area (Å²) in [5.74, 6) is -1.28. The molecule has 4 rings (SSSR count). The smallest absolute Gasteiger partial charge is 0.291 e. The second-order valence-electron chi connectivity index (χ2n) is 7.89. The van der Waals surface area contributed by atoms with Crippen molar-refractivity contribution in [2.24, 2.45) is 5.92 Å². The van der Waals surface area contributed by atoms with E-state index >= 15 is 0 Å². The molecule has 1 saturated heterocycles. The Morgan fingerprint density at radius 2 is 1.76 bits per heavy atom. The predicted octanol–water partition coefficient (Wildman–Crippen LogP) is 4.37. The number of Topliss-reactive ketones (excluding diaryl/α,β-unsaturated/α-hetero) is 2. The Labute approximate surface area is 191 Å². The minimum Gasteiger partial charge on any atom is -0.458 e. The van der Waals surface area contributed by atoms with E-state index in [0.717, 1.165) is 0 Å². The van der Waals surface area contributed by atoms with Crippen molar-refractivity contribution in [3.05, 3.63) is 83.8 Å². The number of carbonyl (C=O) groups is 3. The zero-order valence-corrected chi connectivity index (χ0v) is 18.5. The van der Waals surface area contributed by atoms with Crippen LogP contribution in [0.15, 0.2) is 71.1 Å². The van der Waals surface area contributed by atoms with Crippen molar-refractivity contribution in [1.82, 2.24) is 4.90 Å². The molecular weight excluding hydrogens is 422 g/mol. The van der Waals surface area contributed by atoms with Gasteiger partial charge in [0, 0.05) is 20.3 Å². The third kappa shape index (κ3) is 4.73. The highest BCUT2D eigenvalue weighted by molar-refractivity contribution is 6.43. The van der Waals surface area contributed by atoms with E-state index in [-0.39, 0.29) is 12.3 Å². The number of methoxy groups -OCH3 is 1. The molecule has 1 aromatic heterocycles. The van der Waals surface area contributed by atoms with Gasteiger partial charge in [-0.1, -0.05) is 30.3 Å². The first kappa shape index (κ1) is 22.5. The summed E-state index contributed by atoms with van der Waals surface area (Å²) < 4.78 is 16.5. The van der Waals surface area contributed by atoms with Crippen LogP contribution in [0, 0.1) is 12.8 Å². The molecule has 1 amide bonds. The first-order chi connectivity index (χ1) is 16.0. The van der Waals surface area contributed by atoms with Gasteiger partial charge in [0.05, 0.1) is 6.04 Å². The minimum atomic E-state index is -1.20. The molecule has 0 bridgehead atoms. The molecule has 1 aliphatic rings. The molecule has 0 aliphatic carbocycles. The lowest BCUT2D eigenvalue weighted by Gasteiger charge is -2.27. The van der Waals surface area contributed by atoms with Gasteiger partial charge in [0.25, 0.3) is 5.91 Å². The van der Waals surface area contributed by atoms with E-state index in [1.54, 1.807) is 44.4 Å². The van der Waals surface area contributed by atoms with Crippen molar-refractivity contribution in [2.45, 2.75) is 19.4 Å². The topological polar surface area (TPSA) is 86.0 Å². The van der Waals surface area contributed by atoms with Crippen molar-refractivity contribution in [1.29, 1.82) is 0 Å². The van der Waals surface area contributed by atoms with Crippen LogP contribution in [-0.4, -0.2) is 42.6 Å². The molecule has 0 radical (unpaired) electrons. The van der Waals surface area contributed by atoms with Gasteiger partial charge in [0.15, 0.2) is 5.76 Å². The first-order valence-corrected chi connectivity index (χ1v) is 10.8. The normalized spacial score (nSPS) is 18.1. The Bertz CT molecular complexity index is 1150. The number of rotatable bonds is 9. The minimum absolute atomic E-state index is 0.0686. The molecule has 2 atom stereocenters. The number of aryl methyl sites for hydroxylation is 1. The average molecular weight is 447 g/mol. The number of benzene rings is 2. The Morgan fingerprint density at radius 3 is 2.45 bits per heavy atom. The summed E-state index contributed by atoms with van der Waals surface area (Å²) in [7, 11) is 1.57. The van der Waals surface area contributed by atoms with Gasteiger partial charge in [-0.05, 0) is 55.3 Å². The number of hydrogen-bond acceptors (Lipinski definition) is 6. The highest BCUT2D eigenvalue weighted by atomic mass is 16.5. The lowest BCUT2D eigenvalue weighted by atomic mass is 9.88. The van der Waals surface area contributed by atoms with Crippen LogP contribution in [0.1, 0.15) is 34.3 Å². The maximum absolute atomic E-state index is 13.3. The van der Waals surface area contributed by atoms with Crippen LogP contribution in [0.3, 0.4) is 0 Å². The van der Waals surface area contributed by atoms with E-state index in [1.807, 2.05) is 30.3 Å². The van der Waals surface area contributed by atoms with Gasteiger partial charge in [-0.3, -0.25) is 14.4 Å². The lowest BCUT2D eigenvalue weighted by Crippen LogP contribution is -2.32. The van der Waals surface area contributed by atoms with Crippen LogP contribution in [0.2, 0.25) is 0 Å². The second kappa shape index (κ2) is 9.83. The first-order valence-electron chi connectivity index (χ1n) is 10.8. The molecular formula is C26H25NO6. The van der Waals surface area contributed by atoms with E-state index in [0.29, 0.717) is 35.9 Å². The number of carbonyl (C=O) groups excluding carboxylic acids is 3. The fourth-order valence-corrected chi connectivity index (χ4v) is 4.09. The van der Waals surface area contributed by atoms with Gasteiger partial charge in [0.2, 0.25) is 11.6 Å². The molecule has 1 fully saturated rings. The van der Waals surface area contributed by atoms with Crippen LogP contribution in [0.25, 0.3) is 0 Å². The van der Waals surface area contributed by atoms with Crippen molar-refractivity contribution >= 4 is 17.5 Å². The zero-order chi connectivity index (χ0) is 23.4. The maximum atomic E-state index is 13.3. The molecule has 2 heterocycles. The fourth-order valence-electron chi connectivity index (χ4n) is 4.09. The summed E-state index contributed by atoms with van der Waals surface area (Å²) in [6.07, 6.45) is 0.535. The molecule has 170 valence electrons. The summed E-state index contributed by atoms with van der Waals surface area (Å²) in [5, 5.41) is 0. The molecule has 33 heavy (non-hydrogen) atoms. The van der Waals surface area contributed by atoms with Gasteiger partial charge in [0.1, 0.15) is 23.2 Å². The molecule has 7 heteroatoms. The number of nitrogens with zero attached hydrogens (tertiary/aromatic N) is 1. The lowest BCUT2D eigenvalue weighted by molar-refractivity contribution is -0.140. The Hall–Kier alpha value is -3.71. The molecule has 1 aliphatic heterocycles.